The molecule has 0 aliphatic carbocycles. The minimum Gasteiger partial charge on any atom is -0.465 e. The summed E-state index contributed by atoms with van der Waals surface area (Å²) in [5.41, 5.74) is 0. The van der Waals surface area contributed by atoms with Gasteiger partial charge in [-0.15, -0.1) is 11.8 Å². The largest absolute Gasteiger partial charge is 0.465 e. The average Bonchev–Trinajstić information content (AvgIpc) is 2.22. The zero-order valence-corrected chi connectivity index (χ0v) is 11.1. The highest BCUT2D eigenvalue weighted by Gasteiger charge is 2.14. The first-order chi connectivity index (χ1) is 7.13. The van der Waals surface area contributed by atoms with Crippen molar-refractivity contribution >= 4 is 33.7 Å². The lowest BCUT2D eigenvalue weighted by Crippen LogP contribution is -2.16. The third kappa shape index (κ3) is 4.26. The average molecular weight is 289 g/mol. The van der Waals surface area contributed by atoms with Gasteiger partial charge in [0, 0.05) is 9.37 Å². The van der Waals surface area contributed by atoms with Crippen molar-refractivity contribution in [2.45, 2.75) is 24.0 Å². The van der Waals surface area contributed by atoms with E-state index in [-0.39, 0.29) is 11.2 Å². The van der Waals surface area contributed by atoms with Gasteiger partial charge in [-0.3, -0.25) is 4.79 Å². The maximum Gasteiger partial charge on any atom is 0.319 e. The Morgan fingerprint density at radius 3 is 2.60 bits per heavy atom. The molecule has 0 aliphatic rings. The zero-order valence-electron chi connectivity index (χ0n) is 8.70. The van der Waals surface area contributed by atoms with Crippen LogP contribution < -0.4 is 0 Å². The van der Waals surface area contributed by atoms with Crippen molar-refractivity contribution in [2.75, 3.05) is 6.61 Å². The number of carbonyl (C=O) groups excluding carboxylic acids is 1. The molecule has 0 bridgehead atoms. The van der Waals surface area contributed by atoms with E-state index < -0.39 is 0 Å². The van der Waals surface area contributed by atoms with E-state index in [4.69, 9.17) is 4.74 Å². The van der Waals surface area contributed by atoms with Crippen LogP contribution in [0.4, 0.5) is 0 Å². The quantitative estimate of drug-likeness (QED) is 0.627. The summed E-state index contributed by atoms with van der Waals surface area (Å²) in [6, 6.07) is 7.87. The van der Waals surface area contributed by atoms with Gasteiger partial charge in [-0.25, -0.2) is 0 Å². The number of ether oxygens (including phenoxy) is 1. The van der Waals surface area contributed by atoms with Gasteiger partial charge in [0.1, 0.15) is 5.25 Å². The van der Waals surface area contributed by atoms with E-state index in [0.717, 1.165) is 9.37 Å². The molecular weight excluding hydrogens is 276 g/mol. The summed E-state index contributed by atoms with van der Waals surface area (Å²) < 4.78 is 5.97. The third-order valence-corrected chi connectivity index (χ3v) is 3.36. The molecule has 0 saturated carbocycles. The molecule has 82 valence electrons. The van der Waals surface area contributed by atoms with E-state index in [1.807, 2.05) is 38.1 Å². The predicted molar refractivity (Wildman–Crippen MR) is 66.1 cm³/mol. The number of hydrogen-bond donors (Lipinski definition) is 0. The maximum atomic E-state index is 11.4. The summed E-state index contributed by atoms with van der Waals surface area (Å²) in [5, 5.41) is -0.161. The van der Waals surface area contributed by atoms with Crippen molar-refractivity contribution in [3.63, 3.8) is 0 Å². The first-order valence-electron chi connectivity index (χ1n) is 4.72. The summed E-state index contributed by atoms with van der Waals surface area (Å²) >= 11 is 4.87. The van der Waals surface area contributed by atoms with Crippen LogP contribution in [0.25, 0.3) is 0 Å². The molecule has 0 N–H and O–H groups in total. The smallest absolute Gasteiger partial charge is 0.319 e. The first-order valence-corrected chi connectivity index (χ1v) is 6.39. The predicted octanol–water partition coefficient (Wildman–Crippen LogP) is 3.49. The number of hydrogen-bond acceptors (Lipinski definition) is 3. The Kier molecular flexibility index (Phi) is 5.19. The molecule has 0 radical (unpaired) electrons. The molecule has 1 rings (SSSR count). The molecule has 4 heteroatoms. The number of benzene rings is 1. The Hall–Kier alpha value is -0.480. The lowest BCUT2D eigenvalue weighted by Gasteiger charge is -2.09. The number of thioether (sulfide) groups is 1. The highest BCUT2D eigenvalue weighted by Crippen LogP contribution is 2.25. The molecule has 0 saturated heterocycles. The van der Waals surface area contributed by atoms with Crippen LogP contribution in [0.15, 0.2) is 33.6 Å². The van der Waals surface area contributed by atoms with Gasteiger partial charge in [0.2, 0.25) is 0 Å². The van der Waals surface area contributed by atoms with Crippen LogP contribution in [-0.4, -0.2) is 17.8 Å². The van der Waals surface area contributed by atoms with E-state index in [1.165, 1.54) is 11.8 Å². The number of esters is 1. The van der Waals surface area contributed by atoms with Gasteiger partial charge in [-0.2, -0.15) is 0 Å². The van der Waals surface area contributed by atoms with Crippen LogP contribution in [0.5, 0.6) is 0 Å². The fourth-order valence-electron chi connectivity index (χ4n) is 1.03. The highest BCUT2D eigenvalue weighted by molar-refractivity contribution is 9.10. The van der Waals surface area contributed by atoms with E-state index >= 15 is 0 Å². The highest BCUT2D eigenvalue weighted by atomic mass is 79.9. The molecule has 0 fully saturated rings. The molecule has 2 nitrogen and oxygen atoms in total. The molecule has 15 heavy (non-hydrogen) atoms. The van der Waals surface area contributed by atoms with Crippen molar-refractivity contribution in [1.82, 2.24) is 0 Å². The number of halogens is 1. The summed E-state index contributed by atoms with van der Waals surface area (Å²) in [6.07, 6.45) is 0. The minimum absolute atomic E-state index is 0.161. The summed E-state index contributed by atoms with van der Waals surface area (Å²) in [5.74, 6) is -0.162. The van der Waals surface area contributed by atoms with Crippen LogP contribution in [-0.2, 0) is 9.53 Å². The Labute approximate surface area is 103 Å². The van der Waals surface area contributed by atoms with Crippen LogP contribution in [0.2, 0.25) is 0 Å². The van der Waals surface area contributed by atoms with Crippen molar-refractivity contribution in [2.24, 2.45) is 0 Å². The van der Waals surface area contributed by atoms with Crippen molar-refractivity contribution in [3.05, 3.63) is 28.7 Å². The molecule has 0 aliphatic heterocycles. The lowest BCUT2D eigenvalue weighted by atomic mass is 10.4. The van der Waals surface area contributed by atoms with Crippen LogP contribution in [0.1, 0.15) is 13.8 Å². The van der Waals surface area contributed by atoms with E-state index in [2.05, 4.69) is 15.9 Å². The maximum absolute atomic E-state index is 11.4. The topological polar surface area (TPSA) is 26.3 Å². The fraction of sp³-hybridized carbons (Fsp3) is 0.364. The molecule has 0 heterocycles. The summed E-state index contributed by atoms with van der Waals surface area (Å²) in [4.78, 5) is 12.4. The molecule has 1 aromatic carbocycles. The van der Waals surface area contributed by atoms with Gasteiger partial charge in [0.25, 0.3) is 0 Å². The van der Waals surface area contributed by atoms with E-state index in [0.29, 0.717) is 6.61 Å². The van der Waals surface area contributed by atoms with Gasteiger partial charge in [-0.1, -0.05) is 15.9 Å². The second-order valence-corrected chi connectivity index (χ2v) is 5.30. The Morgan fingerprint density at radius 2 is 2.07 bits per heavy atom. The summed E-state index contributed by atoms with van der Waals surface area (Å²) in [7, 11) is 0. The standard InChI is InChI=1S/C11H13BrO2S/c1-3-14-11(13)8(2)15-10-6-4-9(12)5-7-10/h4-8H,3H2,1-2H3. The number of rotatable bonds is 4. The van der Waals surface area contributed by atoms with Crippen molar-refractivity contribution in [3.8, 4) is 0 Å². The van der Waals surface area contributed by atoms with Gasteiger partial charge >= 0.3 is 5.97 Å². The van der Waals surface area contributed by atoms with Gasteiger partial charge < -0.3 is 4.74 Å². The molecule has 1 unspecified atom stereocenters. The Balaban J connectivity index is 2.54. The van der Waals surface area contributed by atoms with E-state index in [9.17, 15) is 4.79 Å². The Bertz CT molecular complexity index is 324. The van der Waals surface area contributed by atoms with Crippen LogP contribution in [0, 0.1) is 0 Å². The molecule has 1 aromatic rings. The molecular formula is C11H13BrO2S. The molecule has 0 amide bonds. The SMILES string of the molecule is CCOC(=O)C(C)Sc1ccc(Br)cc1. The third-order valence-electron chi connectivity index (χ3n) is 1.75. The second kappa shape index (κ2) is 6.18. The molecule has 0 aromatic heterocycles. The van der Waals surface area contributed by atoms with E-state index in [1.54, 1.807) is 0 Å². The van der Waals surface area contributed by atoms with Crippen LogP contribution >= 0.6 is 27.7 Å². The number of carbonyl (C=O) groups is 1. The normalized spacial score (nSPS) is 12.2. The van der Waals surface area contributed by atoms with Gasteiger partial charge in [0.15, 0.2) is 0 Å². The summed E-state index contributed by atoms with van der Waals surface area (Å²) in [6.45, 7) is 4.10. The second-order valence-electron chi connectivity index (χ2n) is 2.97. The van der Waals surface area contributed by atoms with Crippen molar-refractivity contribution in [1.29, 1.82) is 0 Å². The lowest BCUT2D eigenvalue weighted by molar-refractivity contribution is -0.142. The fourth-order valence-corrected chi connectivity index (χ4v) is 2.16. The Morgan fingerprint density at radius 1 is 1.47 bits per heavy atom. The zero-order chi connectivity index (χ0) is 11.3. The van der Waals surface area contributed by atoms with Crippen molar-refractivity contribution < 1.29 is 9.53 Å². The van der Waals surface area contributed by atoms with Gasteiger partial charge in [-0.05, 0) is 38.1 Å². The molecule has 0 spiro atoms. The van der Waals surface area contributed by atoms with Gasteiger partial charge in [0.05, 0.1) is 6.61 Å². The minimum atomic E-state index is -0.162. The van der Waals surface area contributed by atoms with Crippen LogP contribution in [0.3, 0.4) is 0 Å². The monoisotopic (exact) mass is 288 g/mol. The molecule has 1 atom stereocenters. The first kappa shape index (κ1) is 12.6.